The van der Waals surface area contributed by atoms with Crippen LogP contribution in [0.2, 0.25) is 0 Å². The highest BCUT2D eigenvalue weighted by atomic mass is 32.1. The molecule has 5 atom stereocenters. The molecule has 11 heteroatoms. The van der Waals surface area contributed by atoms with E-state index in [1.54, 1.807) is 6.26 Å². The van der Waals surface area contributed by atoms with Gasteiger partial charge in [0.15, 0.2) is 0 Å². The van der Waals surface area contributed by atoms with Crippen LogP contribution in [0.25, 0.3) is 0 Å². The number of aliphatic hydroxyl groups excluding tert-OH is 3. The van der Waals surface area contributed by atoms with Gasteiger partial charge in [0.1, 0.15) is 36.1 Å². The van der Waals surface area contributed by atoms with Crippen LogP contribution in [0.4, 0.5) is 0 Å². The van der Waals surface area contributed by atoms with Crippen LogP contribution >= 0.6 is 11.2 Å². The molecule has 0 aromatic heterocycles. The molecule has 1 aliphatic carbocycles. The van der Waals surface area contributed by atoms with Gasteiger partial charge >= 0.3 is 0 Å². The monoisotopic (exact) mass is 679 g/mol. The number of terminal acetylenes is 1. The number of rotatable bonds is 14. The number of amides is 2. The van der Waals surface area contributed by atoms with Crippen LogP contribution in [0.1, 0.15) is 67.0 Å². The molecule has 2 fully saturated rings. The van der Waals surface area contributed by atoms with Crippen LogP contribution < -0.4 is 10.6 Å². The molecule has 0 radical (unpaired) electrons. The predicted molar refractivity (Wildman–Crippen MR) is 186 cm³/mol. The van der Waals surface area contributed by atoms with Crippen molar-refractivity contribution in [1.82, 2.24) is 15.5 Å². The quantitative estimate of drug-likeness (QED) is 0.152. The van der Waals surface area contributed by atoms with Crippen molar-refractivity contribution >= 4 is 23.0 Å². The van der Waals surface area contributed by atoms with E-state index in [4.69, 9.17) is 15.9 Å². The minimum Gasteiger partial charge on any atom is -0.387 e. The van der Waals surface area contributed by atoms with Crippen molar-refractivity contribution < 1.29 is 34.4 Å². The van der Waals surface area contributed by atoms with E-state index in [-0.39, 0.29) is 24.8 Å². The molecule has 2 aromatic rings. The van der Waals surface area contributed by atoms with Crippen LogP contribution in [-0.2, 0) is 32.1 Å². The fourth-order valence-electron chi connectivity index (χ4n) is 5.97. The zero-order chi connectivity index (χ0) is 35.1. The van der Waals surface area contributed by atoms with Crippen molar-refractivity contribution in [3.8, 4) is 17.5 Å². The van der Waals surface area contributed by atoms with E-state index < -0.39 is 41.6 Å². The fraction of sp³-hybridized carbons (Fsp3) is 0.541. The third-order valence-electron chi connectivity index (χ3n) is 8.75. The minimum absolute atomic E-state index is 0.153. The SMILES string of the molecule is C#CCN(C)CC(C)(C)NC(=O)C1(NC(=O)CCOCc2ccc(Cc3cc([C@@H]4OC(C#SC)[C@@H](O)[C@H](O)[C@H]4O)ccc3C)cc2)CC1. The Morgan fingerprint density at radius 2 is 1.79 bits per heavy atom. The molecule has 48 heavy (non-hydrogen) atoms. The van der Waals surface area contributed by atoms with Crippen LogP contribution in [0.15, 0.2) is 42.5 Å². The third kappa shape index (κ3) is 9.88. The maximum atomic E-state index is 13.0. The highest BCUT2D eigenvalue weighted by molar-refractivity contribution is 7.87. The normalized spacial score (nSPS) is 23.1. The van der Waals surface area contributed by atoms with Crippen molar-refractivity contribution in [2.75, 3.05) is 33.0 Å². The van der Waals surface area contributed by atoms with Gasteiger partial charge in [0.25, 0.3) is 0 Å². The number of nitrogens with one attached hydrogen (secondary N) is 2. The van der Waals surface area contributed by atoms with Crippen LogP contribution in [0.3, 0.4) is 0 Å². The number of carbonyl (C=O) groups is 2. The highest BCUT2D eigenvalue weighted by Crippen LogP contribution is 2.36. The molecule has 0 spiro atoms. The summed E-state index contributed by atoms with van der Waals surface area (Å²) in [5.74, 6) is 2.21. The molecule has 1 saturated carbocycles. The van der Waals surface area contributed by atoms with Gasteiger partial charge in [-0.15, -0.1) is 17.6 Å². The van der Waals surface area contributed by atoms with Crippen molar-refractivity contribution in [2.24, 2.45) is 0 Å². The van der Waals surface area contributed by atoms with Gasteiger partial charge in [-0.3, -0.25) is 14.5 Å². The summed E-state index contributed by atoms with van der Waals surface area (Å²) in [5, 5.41) is 40.3. The average molecular weight is 680 g/mol. The molecule has 1 heterocycles. The van der Waals surface area contributed by atoms with E-state index in [2.05, 4.69) is 21.7 Å². The summed E-state index contributed by atoms with van der Waals surface area (Å²) >= 11 is 1.26. The fourth-order valence-corrected chi connectivity index (χ4v) is 6.40. The van der Waals surface area contributed by atoms with Gasteiger partial charge in [-0.1, -0.05) is 53.6 Å². The lowest BCUT2D eigenvalue weighted by Gasteiger charge is -2.39. The molecule has 1 unspecified atom stereocenters. The van der Waals surface area contributed by atoms with Crippen LogP contribution in [0, 0.1) is 24.5 Å². The molecule has 4 rings (SSSR count). The van der Waals surface area contributed by atoms with Crippen LogP contribution in [0.5, 0.6) is 0 Å². The summed E-state index contributed by atoms with van der Waals surface area (Å²) in [6, 6.07) is 13.9. The lowest BCUT2D eigenvalue weighted by molar-refractivity contribution is -0.209. The Morgan fingerprint density at radius 1 is 1.10 bits per heavy atom. The summed E-state index contributed by atoms with van der Waals surface area (Å²) in [6.45, 7) is 7.55. The van der Waals surface area contributed by atoms with Gasteiger partial charge in [-0.2, -0.15) is 0 Å². The second kappa shape index (κ2) is 16.4. The van der Waals surface area contributed by atoms with Gasteiger partial charge in [-0.05, 0) is 74.9 Å². The Kier molecular flexibility index (Phi) is 12.8. The van der Waals surface area contributed by atoms with Gasteiger partial charge in [0.05, 0.1) is 26.2 Å². The Hall–Kier alpha value is -3.30. The number of aliphatic hydroxyl groups is 3. The molecular weight excluding hydrogens is 630 g/mol. The molecule has 0 bridgehead atoms. The predicted octanol–water partition coefficient (Wildman–Crippen LogP) is 2.45. The lowest BCUT2D eigenvalue weighted by Crippen LogP contribution is -2.58. The highest BCUT2D eigenvalue weighted by Gasteiger charge is 2.52. The molecule has 2 aromatic carbocycles. The van der Waals surface area contributed by atoms with E-state index in [1.165, 1.54) is 11.2 Å². The van der Waals surface area contributed by atoms with E-state index in [0.717, 1.165) is 27.8 Å². The Labute approximate surface area is 287 Å². The average Bonchev–Trinajstić information content (AvgIpc) is 3.82. The van der Waals surface area contributed by atoms with E-state index in [0.29, 0.717) is 39.0 Å². The van der Waals surface area contributed by atoms with Gasteiger partial charge in [0, 0.05) is 18.3 Å². The zero-order valence-electron chi connectivity index (χ0n) is 28.5. The Morgan fingerprint density at radius 3 is 2.44 bits per heavy atom. The van der Waals surface area contributed by atoms with Crippen molar-refractivity contribution in [3.63, 3.8) is 0 Å². The van der Waals surface area contributed by atoms with Crippen molar-refractivity contribution in [3.05, 3.63) is 70.3 Å². The summed E-state index contributed by atoms with van der Waals surface area (Å²) in [7, 11) is 1.90. The first kappa shape index (κ1) is 37.5. The summed E-state index contributed by atoms with van der Waals surface area (Å²) in [4.78, 5) is 27.6. The standard InChI is InChI=1S/C37H49N3O7S/c1-7-17-40(5)23-36(3,4)39-35(45)37(15-16-37)38-30(41)14-18-46-21-26-11-9-25(10-12-26)19-28-20-27(13-8-24(28)2)34-33(44)32(43)31(42)29(47-34)22-48-6/h1,8-13,20,29,31-34,42-44H,14-19,21,23H2,2-6H3,(H,38,41)(H,39,45)/t29?,31-,32+,33-,34+/m1/s1. The number of likely N-dealkylation sites (N-methyl/N-ethyl adjacent to an activating group) is 1. The van der Waals surface area contributed by atoms with Crippen molar-refractivity contribution in [1.29, 1.82) is 0 Å². The van der Waals surface area contributed by atoms with Gasteiger partial charge < -0.3 is 35.4 Å². The largest absolute Gasteiger partial charge is 0.387 e. The molecular formula is C37H49N3O7S. The molecule has 260 valence electrons. The summed E-state index contributed by atoms with van der Waals surface area (Å²) < 4.78 is 11.7. The zero-order valence-corrected chi connectivity index (χ0v) is 29.3. The first-order valence-electron chi connectivity index (χ1n) is 16.3. The van der Waals surface area contributed by atoms with E-state index >= 15 is 0 Å². The second-order valence-electron chi connectivity index (χ2n) is 13.6. The van der Waals surface area contributed by atoms with Gasteiger partial charge in [0.2, 0.25) is 11.8 Å². The number of aryl methyl sites for hydroxylation is 1. The van der Waals surface area contributed by atoms with Crippen molar-refractivity contribution in [2.45, 2.75) is 94.7 Å². The number of ether oxygens (including phenoxy) is 2. The Bertz CT molecular complexity index is 1540. The number of nitrogens with zero attached hydrogens (tertiary/aromatic N) is 1. The minimum atomic E-state index is -1.35. The molecule has 1 saturated heterocycles. The van der Waals surface area contributed by atoms with E-state index in [9.17, 15) is 24.9 Å². The molecule has 2 amide bonds. The van der Waals surface area contributed by atoms with E-state index in [1.807, 2.05) is 75.2 Å². The topological polar surface area (TPSA) is 141 Å². The molecule has 1 aliphatic heterocycles. The number of carbonyl (C=O) groups excluding carboxylic acids is 2. The van der Waals surface area contributed by atoms with Gasteiger partial charge in [-0.25, -0.2) is 0 Å². The smallest absolute Gasteiger partial charge is 0.246 e. The summed E-state index contributed by atoms with van der Waals surface area (Å²) in [5.41, 5.74) is 3.55. The first-order valence-corrected chi connectivity index (χ1v) is 17.5. The molecule has 5 N–H and O–H groups in total. The third-order valence-corrected chi connectivity index (χ3v) is 9.22. The maximum Gasteiger partial charge on any atom is 0.246 e. The van der Waals surface area contributed by atoms with Crippen LogP contribution in [-0.4, -0.2) is 101 Å². The Balaban J connectivity index is 1.24. The lowest BCUT2D eigenvalue weighted by atomic mass is 9.89. The maximum absolute atomic E-state index is 13.0. The number of hydrogen-bond acceptors (Lipinski definition) is 8. The number of benzene rings is 2. The second-order valence-corrected chi connectivity index (χ2v) is 14.2. The number of hydrogen-bond donors (Lipinski definition) is 5. The first-order chi connectivity index (χ1) is 22.8. The molecule has 10 nitrogen and oxygen atoms in total. The molecule has 2 aliphatic rings. The summed E-state index contributed by atoms with van der Waals surface area (Å²) in [6.07, 6.45) is 3.70.